The molecule has 5 heteroatoms. The van der Waals surface area contributed by atoms with Gasteiger partial charge < -0.3 is 9.73 Å². The summed E-state index contributed by atoms with van der Waals surface area (Å²) < 4.78 is 5.72. The molecule has 0 saturated carbocycles. The zero-order valence-electron chi connectivity index (χ0n) is 11.9. The Morgan fingerprint density at radius 2 is 2.10 bits per heavy atom. The smallest absolute Gasteiger partial charge is 0.257 e. The molecular formula is C16H17N3OS. The normalized spacial score (nSPS) is 10.9. The molecule has 108 valence electrons. The number of hydrogen-bond donors (Lipinski definition) is 1. The first-order valence-electron chi connectivity index (χ1n) is 7.03. The molecule has 0 saturated heterocycles. The van der Waals surface area contributed by atoms with Crippen molar-refractivity contribution in [3.63, 3.8) is 0 Å². The third-order valence-electron chi connectivity index (χ3n) is 3.06. The van der Waals surface area contributed by atoms with Gasteiger partial charge in [0.05, 0.1) is 0 Å². The highest BCUT2D eigenvalue weighted by molar-refractivity contribution is 7.98. The average molecular weight is 299 g/mol. The van der Waals surface area contributed by atoms with Crippen LogP contribution < -0.4 is 5.32 Å². The van der Waals surface area contributed by atoms with Crippen LogP contribution in [0.2, 0.25) is 0 Å². The fourth-order valence-electron chi connectivity index (χ4n) is 2.01. The van der Waals surface area contributed by atoms with E-state index in [1.165, 1.54) is 5.56 Å². The molecule has 0 unspecified atom stereocenters. The predicted octanol–water partition coefficient (Wildman–Crippen LogP) is 4.34. The minimum Gasteiger partial charge on any atom is -0.431 e. The van der Waals surface area contributed by atoms with E-state index in [4.69, 9.17) is 4.42 Å². The van der Waals surface area contributed by atoms with E-state index >= 15 is 0 Å². The summed E-state index contributed by atoms with van der Waals surface area (Å²) in [4.78, 5) is 8.87. The monoisotopic (exact) mass is 299 g/mol. The van der Waals surface area contributed by atoms with Gasteiger partial charge in [-0.3, -0.25) is 0 Å². The second kappa shape index (κ2) is 6.63. The maximum atomic E-state index is 5.72. The molecule has 0 aliphatic heterocycles. The first-order chi connectivity index (χ1) is 10.4. The summed E-state index contributed by atoms with van der Waals surface area (Å²) in [5.74, 6) is 1.73. The third kappa shape index (κ3) is 3.36. The lowest BCUT2D eigenvalue weighted by Crippen LogP contribution is -2.04. The molecule has 0 aliphatic carbocycles. The van der Waals surface area contributed by atoms with E-state index in [0.29, 0.717) is 5.22 Å². The standard InChI is InChI=1S/C16H17N3OS/c1-2-9-17-15-12(6-5-10-18-15)11-21-16-19-13-7-3-4-8-14(13)20-16/h3-8,10H,2,9,11H2,1H3,(H,17,18). The van der Waals surface area contributed by atoms with Crippen molar-refractivity contribution in [2.75, 3.05) is 11.9 Å². The number of nitrogens with one attached hydrogen (secondary N) is 1. The van der Waals surface area contributed by atoms with Gasteiger partial charge in [0.25, 0.3) is 5.22 Å². The van der Waals surface area contributed by atoms with Gasteiger partial charge in [-0.2, -0.15) is 0 Å². The Hall–Kier alpha value is -2.01. The molecule has 21 heavy (non-hydrogen) atoms. The Bertz CT molecular complexity index is 693. The largest absolute Gasteiger partial charge is 0.431 e. The molecule has 1 N–H and O–H groups in total. The van der Waals surface area contributed by atoms with Crippen molar-refractivity contribution in [3.05, 3.63) is 48.2 Å². The summed E-state index contributed by atoms with van der Waals surface area (Å²) in [5, 5.41) is 4.05. The van der Waals surface area contributed by atoms with Crippen molar-refractivity contribution in [1.29, 1.82) is 0 Å². The number of benzene rings is 1. The molecule has 2 heterocycles. The van der Waals surface area contributed by atoms with Gasteiger partial charge in [-0.1, -0.05) is 36.9 Å². The number of fused-ring (bicyclic) bond motifs is 1. The topological polar surface area (TPSA) is 51.0 Å². The number of thioether (sulfide) groups is 1. The van der Waals surface area contributed by atoms with Gasteiger partial charge in [0.15, 0.2) is 5.58 Å². The van der Waals surface area contributed by atoms with Crippen molar-refractivity contribution >= 4 is 28.7 Å². The van der Waals surface area contributed by atoms with Gasteiger partial charge in [0, 0.05) is 24.1 Å². The maximum absolute atomic E-state index is 5.72. The summed E-state index contributed by atoms with van der Waals surface area (Å²) in [6.07, 6.45) is 2.89. The van der Waals surface area contributed by atoms with Gasteiger partial charge in [-0.25, -0.2) is 9.97 Å². The molecular weight excluding hydrogens is 282 g/mol. The van der Waals surface area contributed by atoms with Crippen LogP contribution in [0.25, 0.3) is 11.1 Å². The van der Waals surface area contributed by atoms with Crippen LogP contribution in [0.5, 0.6) is 0 Å². The quantitative estimate of drug-likeness (QED) is 0.686. The van der Waals surface area contributed by atoms with Crippen LogP contribution in [0.1, 0.15) is 18.9 Å². The van der Waals surface area contributed by atoms with Crippen LogP contribution in [0.3, 0.4) is 0 Å². The van der Waals surface area contributed by atoms with E-state index in [9.17, 15) is 0 Å². The number of pyridine rings is 1. The number of para-hydroxylation sites is 2. The SMILES string of the molecule is CCCNc1ncccc1CSc1nc2ccccc2o1. The first-order valence-corrected chi connectivity index (χ1v) is 8.01. The number of rotatable bonds is 6. The molecule has 0 spiro atoms. The fraction of sp³-hybridized carbons (Fsp3) is 0.250. The predicted molar refractivity (Wildman–Crippen MR) is 86.6 cm³/mol. The van der Waals surface area contributed by atoms with Gasteiger partial charge in [-0.05, 0) is 24.6 Å². The lowest BCUT2D eigenvalue weighted by Gasteiger charge is -2.08. The Kier molecular flexibility index (Phi) is 4.40. The van der Waals surface area contributed by atoms with Crippen molar-refractivity contribution in [2.24, 2.45) is 0 Å². The number of anilines is 1. The van der Waals surface area contributed by atoms with Crippen molar-refractivity contribution in [3.8, 4) is 0 Å². The number of aromatic nitrogens is 2. The van der Waals surface area contributed by atoms with Crippen LogP contribution in [0.4, 0.5) is 5.82 Å². The molecule has 4 nitrogen and oxygen atoms in total. The molecule has 1 aromatic carbocycles. The van der Waals surface area contributed by atoms with E-state index in [-0.39, 0.29) is 0 Å². The van der Waals surface area contributed by atoms with Crippen LogP contribution in [0, 0.1) is 0 Å². The van der Waals surface area contributed by atoms with E-state index < -0.39 is 0 Å². The summed E-state index contributed by atoms with van der Waals surface area (Å²) in [5.41, 5.74) is 2.89. The molecule has 0 fully saturated rings. The molecule has 0 atom stereocenters. The molecule has 0 aliphatic rings. The summed E-state index contributed by atoms with van der Waals surface area (Å²) in [6, 6.07) is 11.9. The second-order valence-electron chi connectivity index (χ2n) is 4.67. The van der Waals surface area contributed by atoms with Gasteiger partial charge in [0.1, 0.15) is 11.3 Å². The van der Waals surface area contributed by atoms with Crippen LogP contribution in [-0.2, 0) is 5.75 Å². The minimum absolute atomic E-state index is 0.696. The molecule has 3 aromatic rings. The summed E-state index contributed by atoms with van der Waals surface area (Å²) >= 11 is 1.59. The van der Waals surface area contributed by atoms with Crippen LogP contribution in [-0.4, -0.2) is 16.5 Å². The second-order valence-corrected chi connectivity index (χ2v) is 5.60. The zero-order valence-corrected chi connectivity index (χ0v) is 12.7. The number of hydrogen-bond acceptors (Lipinski definition) is 5. The number of oxazole rings is 1. The van der Waals surface area contributed by atoms with Crippen molar-refractivity contribution in [2.45, 2.75) is 24.3 Å². The molecule has 2 aromatic heterocycles. The minimum atomic E-state index is 0.696. The molecule has 0 bridgehead atoms. The maximum Gasteiger partial charge on any atom is 0.257 e. The highest BCUT2D eigenvalue weighted by atomic mass is 32.2. The Morgan fingerprint density at radius 3 is 2.95 bits per heavy atom. The Labute approximate surface area is 128 Å². The van der Waals surface area contributed by atoms with Crippen LogP contribution in [0.15, 0.2) is 52.2 Å². The van der Waals surface area contributed by atoms with E-state index in [1.807, 2.05) is 36.5 Å². The lowest BCUT2D eigenvalue weighted by molar-refractivity contribution is 0.489. The Morgan fingerprint density at radius 1 is 1.19 bits per heavy atom. The number of nitrogens with zero attached hydrogens (tertiary/aromatic N) is 2. The molecule has 3 rings (SSSR count). The average Bonchev–Trinajstić information content (AvgIpc) is 2.94. The van der Waals surface area contributed by atoms with E-state index in [2.05, 4.69) is 28.3 Å². The first kappa shape index (κ1) is 13.9. The fourth-order valence-corrected chi connectivity index (χ4v) is 2.83. The summed E-state index contributed by atoms with van der Waals surface area (Å²) in [7, 11) is 0. The van der Waals surface area contributed by atoms with Gasteiger partial charge in [0.2, 0.25) is 0 Å². The molecule has 0 amide bonds. The van der Waals surface area contributed by atoms with Crippen LogP contribution >= 0.6 is 11.8 Å². The van der Waals surface area contributed by atoms with Gasteiger partial charge >= 0.3 is 0 Å². The van der Waals surface area contributed by atoms with Gasteiger partial charge in [-0.15, -0.1) is 0 Å². The van der Waals surface area contributed by atoms with E-state index in [1.54, 1.807) is 11.8 Å². The molecule has 0 radical (unpaired) electrons. The third-order valence-corrected chi connectivity index (χ3v) is 3.94. The highest BCUT2D eigenvalue weighted by Gasteiger charge is 2.08. The van der Waals surface area contributed by atoms with Crippen molar-refractivity contribution in [1.82, 2.24) is 9.97 Å². The lowest BCUT2D eigenvalue weighted by atomic mass is 10.3. The summed E-state index contributed by atoms with van der Waals surface area (Å²) in [6.45, 7) is 3.07. The van der Waals surface area contributed by atoms with Crippen molar-refractivity contribution < 1.29 is 4.42 Å². The highest BCUT2D eigenvalue weighted by Crippen LogP contribution is 2.27. The Balaban J connectivity index is 1.72. The zero-order chi connectivity index (χ0) is 14.5. The van der Waals surface area contributed by atoms with E-state index in [0.717, 1.165) is 35.6 Å².